The van der Waals surface area contributed by atoms with Crippen molar-refractivity contribution in [3.8, 4) is 5.75 Å². The fourth-order valence-corrected chi connectivity index (χ4v) is 3.51. The molecule has 0 aliphatic carbocycles. The highest BCUT2D eigenvalue weighted by Gasteiger charge is 2.18. The standard InChI is InChI=1S/C25H26ClNO2/c1-16-12-18(3)22(13-17(16)2)19(4)27-25(28)23-14-21(26)10-11-24(23)29-15-20-8-6-5-7-9-20/h5-14,19H,15H2,1-4H3,(H,27,28)/t19-/m1/s1. The summed E-state index contributed by atoms with van der Waals surface area (Å²) in [5, 5.41) is 3.59. The molecule has 0 unspecified atom stereocenters. The van der Waals surface area contributed by atoms with Crippen molar-refractivity contribution in [2.24, 2.45) is 0 Å². The van der Waals surface area contributed by atoms with Crippen LogP contribution in [0.2, 0.25) is 5.02 Å². The molecule has 150 valence electrons. The minimum atomic E-state index is -0.208. The minimum absolute atomic E-state index is 0.136. The first-order valence-electron chi connectivity index (χ1n) is 9.70. The van der Waals surface area contributed by atoms with E-state index in [1.54, 1.807) is 18.2 Å². The molecule has 0 saturated heterocycles. The number of amides is 1. The average molecular weight is 408 g/mol. The second-order valence-electron chi connectivity index (χ2n) is 7.40. The Bertz CT molecular complexity index is 1010. The van der Waals surface area contributed by atoms with Crippen LogP contribution < -0.4 is 10.1 Å². The Kier molecular flexibility index (Phi) is 6.60. The number of carbonyl (C=O) groups excluding carboxylic acids is 1. The van der Waals surface area contributed by atoms with Crippen LogP contribution in [0, 0.1) is 20.8 Å². The van der Waals surface area contributed by atoms with Crippen LogP contribution in [0.5, 0.6) is 5.75 Å². The van der Waals surface area contributed by atoms with Gasteiger partial charge in [0.2, 0.25) is 0 Å². The predicted molar refractivity (Wildman–Crippen MR) is 119 cm³/mol. The third-order valence-electron chi connectivity index (χ3n) is 5.12. The highest BCUT2D eigenvalue weighted by atomic mass is 35.5. The highest BCUT2D eigenvalue weighted by molar-refractivity contribution is 6.31. The molecule has 1 amide bonds. The zero-order valence-corrected chi connectivity index (χ0v) is 18.0. The van der Waals surface area contributed by atoms with Crippen LogP contribution in [0.4, 0.5) is 0 Å². The summed E-state index contributed by atoms with van der Waals surface area (Å²) in [6, 6.07) is 19.1. The number of aryl methyl sites for hydroxylation is 3. The Balaban J connectivity index is 1.79. The van der Waals surface area contributed by atoms with Gasteiger partial charge in [0.1, 0.15) is 12.4 Å². The molecule has 0 aliphatic heterocycles. The van der Waals surface area contributed by atoms with Gasteiger partial charge in [0, 0.05) is 5.02 Å². The molecule has 0 bridgehead atoms. The van der Waals surface area contributed by atoms with Gasteiger partial charge in [-0.05, 0) is 73.7 Å². The molecule has 3 aromatic carbocycles. The van der Waals surface area contributed by atoms with E-state index in [0.29, 0.717) is 22.9 Å². The Hall–Kier alpha value is -2.78. The maximum Gasteiger partial charge on any atom is 0.255 e. The zero-order valence-electron chi connectivity index (χ0n) is 17.3. The van der Waals surface area contributed by atoms with E-state index in [9.17, 15) is 4.79 Å². The number of ether oxygens (including phenoxy) is 1. The van der Waals surface area contributed by atoms with Gasteiger partial charge >= 0.3 is 0 Å². The van der Waals surface area contributed by atoms with E-state index in [4.69, 9.17) is 16.3 Å². The normalized spacial score (nSPS) is 11.8. The molecule has 0 heterocycles. The molecule has 0 spiro atoms. The van der Waals surface area contributed by atoms with Gasteiger partial charge < -0.3 is 10.1 Å². The van der Waals surface area contributed by atoms with Gasteiger partial charge in [0.25, 0.3) is 5.91 Å². The maximum absolute atomic E-state index is 13.0. The summed E-state index contributed by atoms with van der Waals surface area (Å²) in [4.78, 5) is 13.0. The molecule has 3 rings (SSSR count). The summed E-state index contributed by atoms with van der Waals surface area (Å²) < 4.78 is 5.93. The van der Waals surface area contributed by atoms with Gasteiger partial charge in [-0.3, -0.25) is 4.79 Å². The summed E-state index contributed by atoms with van der Waals surface area (Å²) in [7, 11) is 0. The Morgan fingerprint density at radius 2 is 1.66 bits per heavy atom. The van der Waals surface area contributed by atoms with Crippen molar-refractivity contribution >= 4 is 17.5 Å². The van der Waals surface area contributed by atoms with E-state index in [-0.39, 0.29) is 11.9 Å². The summed E-state index contributed by atoms with van der Waals surface area (Å²) >= 11 is 6.16. The molecule has 4 heteroatoms. The number of benzene rings is 3. The van der Waals surface area contributed by atoms with Gasteiger partial charge in [-0.15, -0.1) is 0 Å². The number of halogens is 1. The van der Waals surface area contributed by atoms with Crippen LogP contribution in [0.15, 0.2) is 60.7 Å². The fourth-order valence-electron chi connectivity index (χ4n) is 3.34. The first kappa shape index (κ1) is 20.9. The molecule has 29 heavy (non-hydrogen) atoms. The number of carbonyl (C=O) groups is 1. The summed E-state index contributed by atoms with van der Waals surface area (Å²) in [5.74, 6) is 0.306. The average Bonchev–Trinajstić information content (AvgIpc) is 2.70. The smallest absolute Gasteiger partial charge is 0.255 e. The van der Waals surface area contributed by atoms with E-state index >= 15 is 0 Å². The summed E-state index contributed by atoms with van der Waals surface area (Å²) in [6.45, 7) is 8.62. The number of hydrogen-bond donors (Lipinski definition) is 1. The fraction of sp³-hybridized carbons (Fsp3) is 0.240. The van der Waals surface area contributed by atoms with Crippen LogP contribution in [0.25, 0.3) is 0 Å². The lowest BCUT2D eigenvalue weighted by molar-refractivity contribution is 0.0935. The molecule has 0 saturated carbocycles. The first-order chi connectivity index (χ1) is 13.8. The molecule has 0 radical (unpaired) electrons. The van der Waals surface area contributed by atoms with Gasteiger partial charge in [-0.1, -0.05) is 54.1 Å². The van der Waals surface area contributed by atoms with E-state index in [2.05, 4.69) is 38.2 Å². The van der Waals surface area contributed by atoms with E-state index < -0.39 is 0 Å². The molecule has 1 atom stereocenters. The third-order valence-corrected chi connectivity index (χ3v) is 5.35. The molecule has 0 aromatic heterocycles. The largest absolute Gasteiger partial charge is 0.488 e. The van der Waals surface area contributed by atoms with E-state index in [1.165, 1.54) is 11.1 Å². The van der Waals surface area contributed by atoms with Gasteiger partial charge in [0.05, 0.1) is 11.6 Å². The Morgan fingerprint density at radius 3 is 2.38 bits per heavy atom. The van der Waals surface area contributed by atoms with Crippen molar-refractivity contribution in [1.82, 2.24) is 5.32 Å². The molecular formula is C25H26ClNO2. The lowest BCUT2D eigenvalue weighted by Crippen LogP contribution is -2.27. The zero-order chi connectivity index (χ0) is 21.0. The Labute approximate surface area is 177 Å². The van der Waals surface area contributed by atoms with Gasteiger partial charge in [-0.2, -0.15) is 0 Å². The van der Waals surface area contributed by atoms with Crippen LogP contribution in [0.1, 0.15) is 51.1 Å². The molecule has 0 fully saturated rings. The molecule has 1 N–H and O–H groups in total. The first-order valence-corrected chi connectivity index (χ1v) is 10.1. The monoisotopic (exact) mass is 407 g/mol. The Morgan fingerprint density at radius 1 is 0.966 bits per heavy atom. The number of rotatable bonds is 6. The quantitative estimate of drug-likeness (QED) is 0.518. The van der Waals surface area contributed by atoms with Crippen molar-refractivity contribution < 1.29 is 9.53 Å². The lowest BCUT2D eigenvalue weighted by atomic mass is 9.96. The molecule has 0 aliphatic rings. The van der Waals surface area contributed by atoms with Crippen molar-refractivity contribution in [2.45, 2.75) is 40.3 Å². The van der Waals surface area contributed by atoms with Crippen LogP contribution >= 0.6 is 11.6 Å². The molecular weight excluding hydrogens is 382 g/mol. The van der Waals surface area contributed by atoms with Gasteiger partial charge in [0.15, 0.2) is 0 Å². The molecule has 3 aromatic rings. The van der Waals surface area contributed by atoms with Crippen molar-refractivity contribution in [2.75, 3.05) is 0 Å². The summed E-state index contributed by atoms with van der Waals surface area (Å²) in [5.41, 5.74) is 6.19. The van der Waals surface area contributed by atoms with Gasteiger partial charge in [-0.25, -0.2) is 0 Å². The number of hydrogen-bond acceptors (Lipinski definition) is 2. The molecule has 3 nitrogen and oxygen atoms in total. The second kappa shape index (κ2) is 9.15. The lowest BCUT2D eigenvalue weighted by Gasteiger charge is -2.19. The van der Waals surface area contributed by atoms with Crippen LogP contribution in [-0.2, 0) is 6.61 Å². The highest BCUT2D eigenvalue weighted by Crippen LogP contribution is 2.26. The minimum Gasteiger partial charge on any atom is -0.488 e. The van der Waals surface area contributed by atoms with Crippen molar-refractivity contribution in [3.05, 3.63) is 99.1 Å². The third kappa shape index (κ3) is 5.18. The van der Waals surface area contributed by atoms with E-state index in [1.807, 2.05) is 37.3 Å². The number of nitrogens with one attached hydrogen (secondary N) is 1. The summed E-state index contributed by atoms with van der Waals surface area (Å²) in [6.07, 6.45) is 0. The topological polar surface area (TPSA) is 38.3 Å². The van der Waals surface area contributed by atoms with Crippen LogP contribution in [-0.4, -0.2) is 5.91 Å². The van der Waals surface area contributed by atoms with Crippen molar-refractivity contribution in [3.63, 3.8) is 0 Å². The SMILES string of the molecule is Cc1cc(C)c([C@@H](C)NC(=O)c2cc(Cl)ccc2OCc2ccccc2)cc1C. The second-order valence-corrected chi connectivity index (χ2v) is 7.84. The predicted octanol–water partition coefficient (Wildman–Crippen LogP) is 6.34. The van der Waals surface area contributed by atoms with E-state index in [0.717, 1.165) is 16.7 Å². The van der Waals surface area contributed by atoms with Crippen LogP contribution in [0.3, 0.4) is 0 Å². The van der Waals surface area contributed by atoms with Crippen molar-refractivity contribution in [1.29, 1.82) is 0 Å². The maximum atomic E-state index is 13.0.